The molecule has 1 saturated heterocycles. The molecule has 0 aliphatic carbocycles. The van der Waals surface area contributed by atoms with Crippen LogP contribution in [-0.2, 0) is 14.4 Å². The molecule has 1 N–H and O–H groups in total. The van der Waals surface area contributed by atoms with Gasteiger partial charge < -0.3 is 5.32 Å². The van der Waals surface area contributed by atoms with E-state index in [1.54, 1.807) is 17.0 Å². The van der Waals surface area contributed by atoms with Gasteiger partial charge in [0, 0.05) is 17.8 Å². The fraction of sp³-hybridized carbons (Fsp3) is 0.280. The van der Waals surface area contributed by atoms with E-state index in [0.717, 1.165) is 22.9 Å². The van der Waals surface area contributed by atoms with E-state index < -0.39 is 0 Å². The Morgan fingerprint density at radius 1 is 1.03 bits per heavy atom. The van der Waals surface area contributed by atoms with Crippen molar-refractivity contribution in [3.63, 3.8) is 0 Å². The van der Waals surface area contributed by atoms with Gasteiger partial charge in [-0.1, -0.05) is 62.1 Å². The molecule has 2 aliphatic heterocycles. The molecule has 2 aliphatic rings. The molecule has 4 rings (SSSR count). The zero-order valence-electron chi connectivity index (χ0n) is 19.0. The maximum atomic E-state index is 13.5. The lowest BCUT2D eigenvalue weighted by atomic mass is 10.1. The Labute approximate surface area is 203 Å². The highest BCUT2D eigenvalue weighted by atomic mass is 32.2. The zero-order valence-corrected chi connectivity index (χ0v) is 20.6. The summed E-state index contributed by atoms with van der Waals surface area (Å²) in [4.78, 5) is 42.7. The van der Waals surface area contributed by atoms with Crippen LogP contribution < -0.4 is 10.2 Å². The summed E-state index contributed by atoms with van der Waals surface area (Å²) >= 11 is 6.58. The van der Waals surface area contributed by atoms with Crippen LogP contribution in [0.2, 0.25) is 0 Å². The first-order valence-electron chi connectivity index (χ1n) is 10.7. The molecule has 0 saturated carbocycles. The summed E-state index contributed by atoms with van der Waals surface area (Å²) in [7, 11) is 0. The summed E-state index contributed by atoms with van der Waals surface area (Å²) in [6, 6.07) is 12.9. The SMILES string of the molecule is Cc1ccc(NC(=O)CN2C(=O)/C(=C3\SC(=S)N(CC(C)C)C3=O)c3ccccc32)cc1C. The number of thioether (sulfide) groups is 1. The number of aryl methyl sites for hydroxylation is 2. The number of amides is 3. The van der Waals surface area contributed by atoms with Gasteiger partial charge in [0.1, 0.15) is 10.9 Å². The lowest BCUT2D eigenvalue weighted by molar-refractivity contribution is -0.122. The van der Waals surface area contributed by atoms with Crippen LogP contribution in [0.3, 0.4) is 0 Å². The van der Waals surface area contributed by atoms with Crippen molar-refractivity contribution in [2.24, 2.45) is 5.92 Å². The van der Waals surface area contributed by atoms with Crippen LogP contribution >= 0.6 is 24.0 Å². The van der Waals surface area contributed by atoms with E-state index >= 15 is 0 Å². The number of para-hydroxylation sites is 1. The van der Waals surface area contributed by atoms with Crippen LogP contribution in [-0.4, -0.2) is 40.0 Å². The average molecular weight is 480 g/mol. The third-order valence-corrected chi connectivity index (χ3v) is 7.09. The molecule has 2 heterocycles. The lowest BCUT2D eigenvalue weighted by Gasteiger charge is -2.17. The van der Waals surface area contributed by atoms with Crippen LogP contribution in [0.25, 0.3) is 5.57 Å². The maximum Gasteiger partial charge on any atom is 0.267 e. The Morgan fingerprint density at radius 2 is 1.76 bits per heavy atom. The van der Waals surface area contributed by atoms with Crippen molar-refractivity contribution in [3.8, 4) is 0 Å². The summed E-state index contributed by atoms with van der Waals surface area (Å²) in [5.74, 6) is -0.682. The lowest BCUT2D eigenvalue weighted by Crippen LogP contribution is -2.36. The second-order valence-electron chi connectivity index (χ2n) is 8.64. The highest BCUT2D eigenvalue weighted by Gasteiger charge is 2.42. The van der Waals surface area contributed by atoms with Crippen molar-refractivity contribution in [3.05, 3.63) is 64.1 Å². The number of carbonyl (C=O) groups is 3. The van der Waals surface area contributed by atoms with Crippen molar-refractivity contribution in [2.45, 2.75) is 27.7 Å². The number of anilines is 2. The van der Waals surface area contributed by atoms with Gasteiger partial charge in [0.2, 0.25) is 5.91 Å². The largest absolute Gasteiger partial charge is 0.325 e. The molecule has 170 valence electrons. The van der Waals surface area contributed by atoms with Gasteiger partial charge >= 0.3 is 0 Å². The first-order chi connectivity index (χ1) is 15.7. The quantitative estimate of drug-likeness (QED) is 0.505. The van der Waals surface area contributed by atoms with E-state index in [1.165, 1.54) is 4.90 Å². The number of benzene rings is 2. The van der Waals surface area contributed by atoms with Gasteiger partial charge in [0.25, 0.3) is 11.8 Å². The number of rotatable bonds is 5. The van der Waals surface area contributed by atoms with E-state index in [0.29, 0.717) is 38.3 Å². The van der Waals surface area contributed by atoms with Crippen molar-refractivity contribution in [1.29, 1.82) is 0 Å². The molecule has 0 radical (unpaired) electrons. The summed E-state index contributed by atoms with van der Waals surface area (Å²) in [6.45, 7) is 8.35. The molecule has 0 bridgehead atoms. The Hall–Kier alpha value is -2.97. The molecule has 1 fully saturated rings. The molecule has 3 amide bonds. The van der Waals surface area contributed by atoms with E-state index in [9.17, 15) is 14.4 Å². The van der Waals surface area contributed by atoms with Crippen LogP contribution in [0.5, 0.6) is 0 Å². The third-order valence-electron chi connectivity index (χ3n) is 5.64. The fourth-order valence-corrected chi connectivity index (χ4v) is 5.24. The third kappa shape index (κ3) is 4.45. The number of fused-ring (bicyclic) bond motifs is 1. The standard InChI is InChI=1S/C25H25N3O3S2/c1-14(2)12-28-24(31)22(33-25(28)32)21-18-7-5-6-8-19(18)27(23(21)30)13-20(29)26-17-10-9-15(3)16(4)11-17/h5-11,14H,12-13H2,1-4H3,(H,26,29)/b22-21-. The normalized spacial score (nSPS) is 17.9. The minimum Gasteiger partial charge on any atom is -0.325 e. The molecule has 8 heteroatoms. The molecule has 2 aromatic carbocycles. The first kappa shape index (κ1) is 23.2. The van der Waals surface area contributed by atoms with Gasteiger partial charge in [-0.3, -0.25) is 24.2 Å². The second kappa shape index (κ2) is 9.11. The van der Waals surface area contributed by atoms with Crippen molar-refractivity contribution in [2.75, 3.05) is 23.3 Å². The smallest absolute Gasteiger partial charge is 0.267 e. The van der Waals surface area contributed by atoms with Gasteiger partial charge in [-0.15, -0.1) is 0 Å². The highest BCUT2D eigenvalue weighted by Crippen LogP contribution is 2.44. The first-order valence-corrected chi connectivity index (χ1v) is 12.0. The monoisotopic (exact) mass is 479 g/mol. The Bertz CT molecular complexity index is 1220. The topological polar surface area (TPSA) is 69.7 Å². The maximum absolute atomic E-state index is 13.5. The molecule has 33 heavy (non-hydrogen) atoms. The Balaban J connectivity index is 1.63. The Kier molecular flexibility index (Phi) is 6.41. The number of nitrogens with zero attached hydrogens (tertiary/aromatic N) is 2. The second-order valence-corrected chi connectivity index (χ2v) is 10.3. The minimum atomic E-state index is -0.364. The fourth-order valence-electron chi connectivity index (χ4n) is 3.89. The zero-order chi connectivity index (χ0) is 23.9. The summed E-state index contributed by atoms with van der Waals surface area (Å²) < 4.78 is 0.451. The summed E-state index contributed by atoms with van der Waals surface area (Å²) in [5, 5.41) is 2.87. The van der Waals surface area contributed by atoms with Crippen LogP contribution in [0.15, 0.2) is 47.4 Å². The molecule has 0 unspecified atom stereocenters. The van der Waals surface area contributed by atoms with Gasteiger partial charge in [-0.05, 0) is 49.1 Å². The highest BCUT2D eigenvalue weighted by molar-refractivity contribution is 8.26. The number of nitrogens with one attached hydrogen (secondary N) is 1. The number of hydrogen-bond donors (Lipinski definition) is 1. The Morgan fingerprint density at radius 3 is 2.45 bits per heavy atom. The number of hydrogen-bond acceptors (Lipinski definition) is 5. The van der Waals surface area contributed by atoms with Gasteiger partial charge in [0.15, 0.2) is 0 Å². The molecule has 6 nitrogen and oxygen atoms in total. The molecule has 0 atom stereocenters. The van der Waals surface area contributed by atoms with Crippen LogP contribution in [0, 0.1) is 19.8 Å². The molecule has 0 spiro atoms. The van der Waals surface area contributed by atoms with Crippen LogP contribution in [0.4, 0.5) is 11.4 Å². The summed E-state index contributed by atoms with van der Waals surface area (Å²) in [6.07, 6.45) is 0. The van der Waals surface area contributed by atoms with Crippen molar-refractivity contribution < 1.29 is 14.4 Å². The van der Waals surface area contributed by atoms with Crippen molar-refractivity contribution >= 4 is 63.0 Å². The molecule has 0 aromatic heterocycles. The molecular weight excluding hydrogens is 454 g/mol. The van der Waals surface area contributed by atoms with Crippen LogP contribution in [0.1, 0.15) is 30.5 Å². The van der Waals surface area contributed by atoms with Gasteiger partial charge in [-0.25, -0.2) is 0 Å². The van der Waals surface area contributed by atoms with Gasteiger partial charge in [0.05, 0.1) is 16.2 Å². The number of thiocarbonyl (C=S) groups is 1. The van der Waals surface area contributed by atoms with E-state index in [4.69, 9.17) is 12.2 Å². The predicted octanol–water partition coefficient (Wildman–Crippen LogP) is 4.52. The molecular formula is C25H25N3O3S2. The van der Waals surface area contributed by atoms with Crippen molar-refractivity contribution in [1.82, 2.24) is 4.90 Å². The minimum absolute atomic E-state index is 0.154. The average Bonchev–Trinajstić information content (AvgIpc) is 3.18. The van der Waals surface area contributed by atoms with Gasteiger partial charge in [-0.2, -0.15) is 0 Å². The predicted molar refractivity (Wildman–Crippen MR) is 137 cm³/mol. The van der Waals surface area contributed by atoms with E-state index in [1.807, 2.05) is 58.0 Å². The summed E-state index contributed by atoms with van der Waals surface area (Å²) in [5.41, 5.74) is 4.46. The van der Waals surface area contributed by atoms with E-state index in [2.05, 4.69) is 5.32 Å². The number of carbonyl (C=O) groups excluding carboxylic acids is 3. The van der Waals surface area contributed by atoms with E-state index in [-0.39, 0.29) is 30.2 Å². The molecule has 2 aromatic rings.